The number of phenols is 1. The minimum atomic E-state index is -0.556. The molecule has 0 bridgehead atoms. The third kappa shape index (κ3) is 7.29. The first-order valence-corrected chi connectivity index (χ1v) is 13.0. The van der Waals surface area contributed by atoms with Gasteiger partial charge in [-0.3, -0.25) is 0 Å². The van der Waals surface area contributed by atoms with E-state index in [1.165, 1.54) is 0 Å². The molecule has 10 nitrogen and oxygen atoms in total. The van der Waals surface area contributed by atoms with E-state index in [9.17, 15) is 9.90 Å². The summed E-state index contributed by atoms with van der Waals surface area (Å²) in [5.74, 6) is 6.46. The highest BCUT2D eigenvalue weighted by Crippen LogP contribution is 2.32. The monoisotopic (exact) mass is 529 g/mol. The number of alkyl carbamates (subject to hydrolysis) is 1. The van der Waals surface area contributed by atoms with Crippen LogP contribution in [0.5, 0.6) is 5.75 Å². The van der Waals surface area contributed by atoms with Gasteiger partial charge >= 0.3 is 6.09 Å². The zero-order chi connectivity index (χ0) is 28.0. The first-order chi connectivity index (χ1) is 18.6. The largest absolute Gasteiger partial charge is 0.507 e. The molecule has 3 aromatic rings. The molecule has 2 aromatic heterocycles. The van der Waals surface area contributed by atoms with Crippen molar-refractivity contribution >= 4 is 23.3 Å². The van der Waals surface area contributed by atoms with Crippen molar-refractivity contribution in [3.63, 3.8) is 0 Å². The first kappa shape index (κ1) is 27.5. The second kappa shape index (κ2) is 11.9. The third-order valence-corrected chi connectivity index (χ3v) is 6.29. The van der Waals surface area contributed by atoms with Gasteiger partial charge in [-0.15, -0.1) is 10.2 Å². The average molecular weight is 530 g/mol. The number of anilines is 3. The maximum atomic E-state index is 11.8. The van der Waals surface area contributed by atoms with Gasteiger partial charge < -0.3 is 30.7 Å². The van der Waals surface area contributed by atoms with E-state index in [4.69, 9.17) is 10.5 Å². The number of para-hydroxylation sites is 1. The number of nitrogens with zero attached hydrogens (tertiary/aromatic N) is 5. The summed E-state index contributed by atoms with van der Waals surface area (Å²) in [5, 5.41) is 21.3. The van der Waals surface area contributed by atoms with Crippen molar-refractivity contribution in [3.8, 4) is 28.8 Å². The maximum Gasteiger partial charge on any atom is 0.408 e. The molecule has 0 aliphatic carbocycles. The summed E-state index contributed by atoms with van der Waals surface area (Å²) in [6.45, 7) is 10.1. The summed E-state index contributed by atoms with van der Waals surface area (Å²) in [6, 6.07) is 13.2. The number of aromatic nitrogens is 3. The van der Waals surface area contributed by atoms with Gasteiger partial charge in [-0.1, -0.05) is 18.1 Å². The summed E-state index contributed by atoms with van der Waals surface area (Å²) < 4.78 is 5.22. The number of carbonyl (C=O) groups excluding carboxylic acids is 1. The van der Waals surface area contributed by atoms with Crippen LogP contribution in [0.3, 0.4) is 0 Å². The number of pyridine rings is 1. The lowest BCUT2D eigenvalue weighted by atomic mass is 10.1. The Morgan fingerprint density at radius 2 is 1.97 bits per heavy atom. The lowest BCUT2D eigenvalue weighted by molar-refractivity contribution is 0.0535. The Morgan fingerprint density at radius 3 is 2.74 bits per heavy atom. The fourth-order valence-electron chi connectivity index (χ4n) is 4.38. The Balaban J connectivity index is 1.45. The summed E-state index contributed by atoms with van der Waals surface area (Å²) in [6.07, 6.45) is 2.15. The number of hydrogen-bond donors (Lipinski definition) is 3. The number of phenolic OH excluding ortho intramolecular Hbond substituents is 1. The average Bonchev–Trinajstić information content (AvgIpc) is 3.08. The maximum absolute atomic E-state index is 11.8. The highest BCUT2D eigenvalue weighted by Gasteiger charge is 2.24. The van der Waals surface area contributed by atoms with Crippen molar-refractivity contribution in [1.82, 2.24) is 20.5 Å². The summed E-state index contributed by atoms with van der Waals surface area (Å²) in [4.78, 5) is 20.7. The van der Waals surface area contributed by atoms with Gasteiger partial charge in [0.05, 0.1) is 17.9 Å². The number of ether oxygens (including phenoxy) is 1. The molecule has 39 heavy (non-hydrogen) atoms. The van der Waals surface area contributed by atoms with Crippen LogP contribution in [0.4, 0.5) is 22.0 Å². The molecule has 1 aromatic carbocycles. The summed E-state index contributed by atoms with van der Waals surface area (Å²) in [7, 11) is 0. The van der Waals surface area contributed by atoms with Crippen LogP contribution < -0.4 is 20.9 Å². The fourth-order valence-corrected chi connectivity index (χ4v) is 4.38. The molecule has 1 amide bonds. The lowest BCUT2D eigenvalue weighted by Gasteiger charge is -2.29. The summed E-state index contributed by atoms with van der Waals surface area (Å²) in [5.41, 5.74) is 9.33. The predicted molar refractivity (Wildman–Crippen MR) is 153 cm³/mol. The van der Waals surface area contributed by atoms with Crippen molar-refractivity contribution in [2.45, 2.75) is 45.8 Å². The van der Waals surface area contributed by atoms with Crippen molar-refractivity contribution < 1.29 is 14.6 Å². The number of nitrogens with one attached hydrogen (secondary N) is 1. The van der Waals surface area contributed by atoms with Gasteiger partial charge in [-0.05, 0) is 70.4 Å². The standard InChI is InChI=1S/C29H35N7O3/c1-20-12-15-35(25-19-24(33-34-27(25)30)23-9-5-6-10-26(23)37)16-17-36(20)22-11-14-31-21(18-22)8-7-13-32-28(38)39-29(2,3)4/h5-6,9-11,14,18-20,37H,12-13,15-17H2,1-4H3,(H2,30,34)(H,32,38). The number of hydrogen-bond acceptors (Lipinski definition) is 9. The second-order valence-electron chi connectivity index (χ2n) is 10.4. The quantitative estimate of drug-likeness (QED) is 0.432. The smallest absolute Gasteiger partial charge is 0.408 e. The van der Waals surface area contributed by atoms with Crippen LogP contribution in [0.25, 0.3) is 11.3 Å². The molecule has 0 saturated carbocycles. The highest BCUT2D eigenvalue weighted by molar-refractivity contribution is 5.74. The Morgan fingerprint density at radius 1 is 1.18 bits per heavy atom. The van der Waals surface area contributed by atoms with Gasteiger partial charge in [0.1, 0.15) is 17.0 Å². The van der Waals surface area contributed by atoms with Crippen molar-refractivity contribution in [3.05, 3.63) is 54.4 Å². The second-order valence-corrected chi connectivity index (χ2v) is 10.4. The number of rotatable bonds is 4. The normalized spacial score (nSPS) is 15.6. The molecule has 0 spiro atoms. The zero-order valence-electron chi connectivity index (χ0n) is 22.8. The molecule has 4 N–H and O–H groups in total. The Labute approximate surface area is 229 Å². The number of benzene rings is 1. The van der Waals surface area contributed by atoms with E-state index in [1.807, 2.05) is 51.1 Å². The minimum Gasteiger partial charge on any atom is -0.507 e. The van der Waals surface area contributed by atoms with Crippen LogP contribution in [0, 0.1) is 11.8 Å². The SMILES string of the molecule is CC1CCN(c2cc(-c3ccccc3O)nnc2N)CCN1c1ccnc(C#CCNC(=O)OC(C)(C)C)c1. The van der Waals surface area contributed by atoms with Gasteiger partial charge in [0, 0.05) is 43.1 Å². The van der Waals surface area contributed by atoms with Gasteiger partial charge in [-0.25, -0.2) is 9.78 Å². The molecule has 204 valence electrons. The van der Waals surface area contributed by atoms with Gasteiger partial charge in [0.25, 0.3) is 0 Å². The van der Waals surface area contributed by atoms with Crippen LogP contribution in [-0.2, 0) is 4.74 Å². The molecule has 1 atom stereocenters. The van der Waals surface area contributed by atoms with E-state index in [0.717, 1.165) is 37.4 Å². The molecule has 3 heterocycles. The van der Waals surface area contributed by atoms with Crippen molar-refractivity contribution in [1.29, 1.82) is 0 Å². The molecule has 1 saturated heterocycles. The summed E-state index contributed by atoms with van der Waals surface area (Å²) >= 11 is 0. The number of aromatic hydroxyl groups is 1. The van der Waals surface area contributed by atoms with Crippen LogP contribution >= 0.6 is 0 Å². The fraction of sp³-hybridized carbons (Fsp3) is 0.379. The Hall–Kier alpha value is -4.52. The van der Waals surface area contributed by atoms with E-state index in [-0.39, 0.29) is 18.3 Å². The van der Waals surface area contributed by atoms with Gasteiger partial charge in [-0.2, -0.15) is 0 Å². The molecule has 1 unspecified atom stereocenters. The molecule has 0 radical (unpaired) electrons. The number of amides is 1. The van der Waals surface area contributed by atoms with Crippen LogP contribution in [-0.4, -0.2) is 64.2 Å². The Kier molecular flexibility index (Phi) is 8.39. The molecule has 4 rings (SSSR count). The molecule has 1 fully saturated rings. The predicted octanol–water partition coefficient (Wildman–Crippen LogP) is 3.81. The molecule has 10 heteroatoms. The van der Waals surface area contributed by atoms with Crippen LogP contribution in [0.1, 0.15) is 39.8 Å². The molecular weight excluding hydrogens is 494 g/mol. The number of nitrogens with two attached hydrogens (primary N) is 1. The van der Waals surface area contributed by atoms with Crippen molar-refractivity contribution in [2.75, 3.05) is 41.7 Å². The topological polar surface area (TPSA) is 130 Å². The van der Waals surface area contributed by atoms with E-state index in [1.54, 1.807) is 18.3 Å². The lowest BCUT2D eigenvalue weighted by Crippen LogP contribution is -2.35. The van der Waals surface area contributed by atoms with E-state index < -0.39 is 11.7 Å². The number of nitrogen functional groups attached to an aromatic ring is 1. The van der Waals surface area contributed by atoms with E-state index in [0.29, 0.717) is 22.8 Å². The van der Waals surface area contributed by atoms with E-state index in [2.05, 4.69) is 49.1 Å². The van der Waals surface area contributed by atoms with Gasteiger partial charge in [0.2, 0.25) is 0 Å². The third-order valence-electron chi connectivity index (χ3n) is 6.29. The van der Waals surface area contributed by atoms with Crippen LogP contribution in [0.2, 0.25) is 0 Å². The van der Waals surface area contributed by atoms with Crippen molar-refractivity contribution in [2.24, 2.45) is 0 Å². The Bertz CT molecular complexity index is 1380. The first-order valence-electron chi connectivity index (χ1n) is 13.0. The highest BCUT2D eigenvalue weighted by atomic mass is 16.6. The molecule has 1 aliphatic rings. The van der Waals surface area contributed by atoms with Gasteiger partial charge in [0.15, 0.2) is 5.82 Å². The molecule has 1 aliphatic heterocycles. The number of carbonyl (C=O) groups is 1. The molecular formula is C29H35N7O3. The zero-order valence-corrected chi connectivity index (χ0v) is 22.8. The minimum absolute atomic E-state index is 0.149. The van der Waals surface area contributed by atoms with E-state index >= 15 is 0 Å². The van der Waals surface area contributed by atoms with Crippen LogP contribution in [0.15, 0.2) is 48.7 Å².